The molecule has 0 atom stereocenters. The minimum absolute atomic E-state index is 0.0344. The van der Waals surface area contributed by atoms with Gasteiger partial charge in [0.15, 0.2) is 0 Å². The quantitative estimate of drug-likeness (QED) is 0.480. The smallest absolute Gasteiger partial charge is 0.303 e. The first-order valence-electron chi connectivity index (χ1n) is 5.83. The molecule has 8 heteroatoms. The van der Waals surface area contributed by atoms with Gasteiger partial charge in [0.2, 0.25) is 0 Å². The van der Waals surface area contributed by atoms with Gasteiger partial charge < -0.3 is 10.0 Å². The fourth-order valence-corrected chi connectivity index (χ4v) is 2.64. The summed E-state index contributed by atoms with van der Waals surface area (Å²) in [6.07, 6.45) is 0.0375. The fourth-order valence-electron chi connectivity index (χ4n) is 2.07. The Kier molecular flexibility index (Phi) is 4.21. The van der Waals surface area contributed by atoms with Gasteiger partial charge in [0.25, 0.3) is 11.6 Å². The van der Waals surface area contributed by atoms with Gasteiger partial charge in [-0.15, -0.1) is 0 Å². The van der Waals surface area contributed by atoms with Gasteiger partial charge >= 0.3 is 5.97 Å². The number of halogens is 1. The Morgan fingerprint density at radius 1 is 1.45 bits per heavy atom. The summed E-state index contributed by atoms with van der Waals surface area (Å²) in [6.45, 7) is 0.758. The number of aliphatic carboxylic acids is 1. The lowest BCUT2D eigenvalue weighted by atomic mass is 9.95. The molecule has 1 heterocycles. The number of carbonyl (C=O) groups excluding carboxylic acids is 1. The highest BCUT2D eigenvalue weighted by atomic mass is 127. The SMILES string of the molecule is O=C(O)CC1CN(C(=O)c2cc([N+](=O)[O-])ccc2I)C1. The molecule has 0 unspecified atom stereocenters. The maximum atomic E-state index is 12.2. The number of carboxylic acids is 1. The molecule has 0 radical (unpaired) electrons. The van der Waals surface area contributed by atoms with E-state index in [0.717, 1.165) is 0 Å². The molecule has 2 rings (SSSR count). The molecular weight excluding hydrogens is 379 g/mol. The van der Waals surface area contributed by atoms with Crippen molar-refractivity contribution >= 4 is 40.2 Å². The van der Waals surface area contributed by atoms with E-state index in [1.807, 2.05) is 22.6 Å². The van der Waals surface area contributed by atoms with Crippen molar-refractivity contribution in [3.05, 3.63) is 37.4 Å². The number of rotatable bonds is 4. The van der Waals surface area contributed by atoms with Crippen LogP contribution in [0.5, 0.6) is 0 Å². The van der Waals surface area contributed by atoms with Crippen molar-refractivity contribution in [1.29, 1.82) is 0 Å². The third-order valence-electron chi connectivity index (χ3n) is 3.10. The molecular formula is C12H11IN2O5. The minimum atomic E-state index is -0.882. The number of carbonyl (C=O) groups is 2. The summed E-state index contributed by atoms with van der Waals surface area (Å²) in [5, 5.41) is 19.4. The number of likely N-dealkylation sites (tertiary alicyclic amines) is 1. The molecule has 1 amide bonds. The highest BCUT2D eigenvalue weighted by Gasteiger charge is 2.33. The number of nitro groups is 1. The van der Waals surface area contributed by atoms with Gasteiger partial charge in [-0.25, -0.2) is 0 Å². The van der Waals surface area contributed by atoms with Crippen LogP contribution in [0.15, 0.2) is 18.2 Å². The van der Waals surface area contributed by atoms with E-state index in [-0.39, 0.29) is 29.5 Å². The van der Waals surface area contributed by atoms with Gasteiger partial charge in [-0.2, -0.15) is 0 Å². The van der Waals surface area contributed by atoms with Crippen molar-refractivity contribution in [3.63, 3.8) is 0 Å². The Hall–Kier alpha value is -1.71. The van der Waals surface area contributed by atoms with Crippen LogP contribution >= 0.6 is 22.6 Å². The number of hydrogen-bond acceptors (Lipinski definition) is 4. The van der Waals surface area contributed by atoms with Crippen LogP contribution in [-0.4, -0.2) is 39.9 Å². The van der Waals surface area contributed by atoms with Crippen molar-refractivity contribution in [2.75, 3.05) is 13.1 Å². The van der Waals surface area contributed by atoms with Crippen LogP contribution in [0, 0.1) is 19.6 Å². The second kappa shape index (κ2) is 5.73. The van der Waals surface area contributed by atoms with Gasteiger partial charge in [0, 0.05) is 34.7 Å². The average molecular weight is 390 g/mol. The van der Waals surface area contributed by atoms with Crippen molar-refractivity contribution in [2.45, 2.75) is 6.42 Å². The molecule has 1 aliphatic rings. The van der Waals surface area contributed by atoms with Crippen molar-refractivity contribution < 1.29 is 19.6 Å². The molecule has 20 heavy (non-hydrogen) atoms. The molecule has 106 valence electrons. The van der Waals surface area contributed by atoms with E-state index in [1.165, 1.54) is 23.1 Å². The molecule has 0 bridgehead atoms. The minimum Gasteiger partial charge on any atom is -0.481 e. The Morgan fingerprint density at radius 2 is 2.10 bits per heavy atom. The number of non-ortho nitro benzene ring substituents is 1. The second-order valence-electron chi connectivity index (χ2n) is 4.60. The molecule has 7 nitrogen and oxygen atoms in total. The summed E-state index contributed by atoms with van der Waals surface area (Å²) in [5.74, 6) is -1.21. The van der Waals surface area contributed by atoms with E-state index >= 15 is 0 Å². The van der Waals surface area contributed by atoms with Crippen LogP contribution in [-0.2, 0) is 4.79 Å². The van der Waals surface area contributed by atoms with Gasteiger partial charge in [0.05, 0.1) is 16.9 Å². The predicted molar refractivity (Wildman–Crippen MR) is 77.5 cm³/mol. The van der Waals surface area contributed by atoms with Crippen LogP contribution in [0.4, 0.5) is 5.69 Å². The zero-order valence-electron chi connectivity index (χ0n) is 10.3. The lowest BCUT2D eigenvalue weighted by Crippen LogP contribution is -2.50. The van der Waals surface area contributed by atoms with Gasteiger partial charge in [-0.05, 0) is 28.7 Å². The van der Waals surface area contributed by atoms with E-state index in [2.05, 4.69) is 0 Å². The third kappa shape index (κ3) is 3.06. The number of amides is 1. The summed E-state index contributed by atoms with van der Waals surface area (Å²) in [4.78, 5) is 34.4. The standard InChI is InChI=1S/C12H11IN2O5/c13-10-2-1-8(15(19)20)4-9(10)12(18)14-5-7(6-14)3-11(16)17/h1-2,4,7H,3,5-6H2,(H,16,17). The average Bonchev–Trinajstić information content (AvgIpc) is 2.32. The Labute approximate surface area is 127 Å². The van der Waals surface area contributed by atoms with Crippen LogP contribution in [0.1, 0.15) is 16.8 Å². The Morgan fingerprint density at radius 3 is 2.65 bits per heavy atom. The summed E-state index contributed by atoms with van der Waals surface area (Å²) in [6, 6.07) is 4.14. The molecule has 0 spiro atoms. The lowest BCUT2D eigenvalue weighted by Gasteiger charge is -2.38. The third-order valence-corrected chi connectivity index (χ3v) is 4.04. The van der Waals surface area contributed by atoms with Crippen molar-refractivity contribution in [2.24, 2.45) is 5.92 Å². The van der Waals surface area contributed by atoms with Gasteiger partial charge in [-0.3, -0.25) is 19.7 Å². The van der Waals surface area contributed by atoms with E-state index < -0.39 is 10.9 Å². The van der Waals surface area contributed by atoms with E-state index in [9.17, 15) is 19.7 Å². The topological polar surface area (TPSA) is 101 Å². The number of carboxylic acid groups (broad SMARTS) is 1. The highest BCUT2D eigenvalue weighted by molar-refractivity contribution is 14.1. The number of benzene rings is 1. The number of nitro benzene ring substituents is 1. The molecule has 1 aromatic carbocycles. The van der Waals surface area contributed by atoms with Crippen LogP contribution in [0.25, 0.3) is 0 Å². The first-order valence-corrected chi connectivity index (χ1v) is 6.91. The predicted octanol–water partition coefficient (Wildman–Crippen LogP) is 1.75. The zero-order chi connectivity index (χ0) is 14.9. The van der Waals surface area contributed by atoms with E-state index in [0.29, 0.717) is 16.7 Å². The Bertz CT molecular complexity index is 583. The molecule has 1 aliphatic heterocycles. The Balaban J connectivity index is 2.09. The number of hydrogen-bond donors (Lipinski definition) is 1. The van der Waals surface area contributed by atoms with Crippen LogP contribution in [0.2, 0.25) is 0 Å². The van der Waals surface area contributed by atoms with Crippen molar-refractivity contribution in [3.8, 4) is 0 Å². The van der Waals surface area contributed by atoms with Crippen LogP contribution < -0.4 is 0 Å². The van der Waals surface area contributed by atoms with Gasteiger partial charge in [-0.1, -0.05) is 0 Å². The zero-order valence-corrected chi connectivity index (χ0v) is 12.4. The van der Waals surface area contributed by atoms with E-state index in [1.54, 1.807) is 0 Å². The molecule has 1 saturated heterocycles. The first-order chi connectivity index (χ1) is 9.38. The first kappa shape index (κ1) is 14.7. The molecule has 1 aromatic rings. The maximum Gasteiger partial charge on any atom is 0.303 e. The molecule has 0 aliphatic carbocycles. The summed E-state index contributed by atoms with van der Waals surface area (Å²) in [7, 11) is 0. The largest absolute Gasteiger partial charge is 0.481 e. The summed E-state index contributed by atoms with van der Waals surface area (Å²) >= 11 is 1.95. The molecule has 1 N–H and O–H groups in total. The van der Waals surface area contributed by atoms with Crippen LogP contribution in [0.3, 0.4) is 0 Å². The summed E-state index contributed by atoms with van der Waals surface area (Å²) < 4.78 is 0.639. The van der Waals surface area contributed by atoms with Crippen molar-refractivity contribution in [1.82, 2.24) is 4.90 Å². The normalized spacial score (nSPS) is 14.8. The fraction of sp³-hybridized carbons (Fsp3) is 0.333. The lowest BCUT2D eigenvalue weighted by molar-refractivity contribution is -0.384. The summed E-state index contributed by atoms with van der Waals surface area (Å²) in [5.41, 5.74) is 0.157. The van der Waals surface area contributed by atoms with Gasteiger partial charge in [0.1, 0.15) is 0 Å². The molecule has 1 fully saturated rings. The highest BCUT2D eigenvalue weighted by Crippen LogP contribution is 2.25. The molecule has 0 aromatic heterocycles. The van der Waals surface area contributed by atoms with E-state index in [4.69, 9.17) is 5.11 Å². The second-order valence-corrected chi connectivity index (χ2v) is 5.76. The number of nitrogens with zero attached hydrogens (tertiary/aromatic N) is 2. The monoisotopic (exact) mass is 390 g/mol. The maximum absolute atomic E-state index is 12.2. The molecule has 0 saturated carbocycles.